The number of nitrogens with zero attached hydrogens (tertiary/aromatic N) is 1. The zero-order chi connectivity index (χ0) is 11.9. The minimum absolute atomic E-state index is 0.845. The van der Waals surface area contributed by atoms with Gasteiger partial charge in [-0.15, -0.1) is 0 Å². The van der Waals surface area contributed by atoms with E-state index in [4.69, 9.17) is 0 Å². The summed E-state index contributed by atoms with van der Waals surface area (Å²) in [6.07, 6.45) is 2.95. The Bertz CT molecular complexity index is 469. The fourth-order valence-electron chi connectivity index (χ4n) is 1.66. The molecule has 0 atom stereocenters. The van der Waals surface area contributed by atoms with Crippen molar-refractivity contribution in [2.75, 3.05) is 6.54 Å². The lowest BCUT2D eigenvalue weighted by molar-refractivity contribution is 0.973. The van der Waals surface area contributed by atoms with Crippen LogP contribution < -0.4 is 0 Å². The van der Waals surface area contributed by atoms with Gasteiger partial charge in [0.15, 0.2) is 0 Å². The van der Waals surface area contributed by atoms with Crippen LogP contribution in [0.15, 0.2) is 59.6 Å². The molecule has 0 radical (unpaired) electrons. The normalized spacial score (nSPS) is 10.9. The maximum Gasteiger partial charge on any atom is 0.0429 e. The summed E-state index contributed by atoms with van der Waals surface area (Å²) in [5, 5.41) is 0. The second-order valence-corrected chi connectivity index (χ2v) is 4.18. The Balaban J connectivity index is 1.84. The molecule has 0 heterocycles. The third-order valence-electron chi connectivity index (χ3n) is 2.69. The van der Waals surface area contributed by atoms with Crippen molar-refractivity contribution >= 4 is 6.21 Å². The third-order valence-corrected chi connectivity index (χ3v) is 2.69. The highest BCUT2D eigenvalue weighted by molar-refractivity contribution is 5.79. The molecule has 0 bridgehead atoms. The van der Waals surface area contributed by atoms with Gasteiger partial charge in [-0.1, -0.05) is 60.2 Å². The summed E-state index contributed by atoms with van der Waals surface area (Å²) < 4.78 is 0. The molecule has 2 aromatic carbocycles. The predicted molar refractivity (Wildman–Crippen MR) is 73.8 cm³/mol. The molecule has 1 heteroatoms. The van der Waals surface area contributed by atoms with E-state index in [-0.39, 0.29) is 0 Å². The van der Waals surface area contributed by atoms with Crippen molar-refractivity contribution in [3.63, 3.8) is 0 Å². The van der Waals surface area contributed by atoms with Crippen molar-refractivity contribution in [2.24, 2.45) is 4.99 Å². The standard InChI is InChI=1S/C16H17N/c1-14-7-9-16(10-8-14)13-17-12-11-15-5-3-2-4-6-15/h2-10,13H,11-12H2,1H3. The van der Waals surface area contributed by atoms with Gasteiger partial charge in [0.05, 0.1) is 0 Å². The maximum atomic E-state index is 4.44. The molecule has 0 aromatic heterocycles. The molecule has 2 aromatic rings. The first-order valence-corrected chi connectivity index (χ1v) is 5.95. The largest absolute Gasteiger partial charge is 0.292 e. The van der Waals surface area contributed by atoms with E-state index < -0.39 is 0 Å². The first-order chi connectivity index (χ1) is 8.34. The quantitative estimate of drug-likeness (QED) is 0.701. The third kappa shape index (κ3) is 3.87. The lowest BCUT2D eigenvalue weighted by atomic mass is 10.1. The zero-order valence-corrected chi connectivity index (χ0v) is 10.1. The summed E-state index contributed by atoms with van der Waals surface area (Å²) in [7, 11) is 0. The van der Waals surface area contributed by atoms with Crippen molar-refractivity contribution in [3.05, 3.63) is 71.3 Å². The van der Waals surface area contributed by atoms with Gasteiger partial charge in [-0.3, -0.25) is 4.99 Å². The molecular formula is C16H17N. The molecule has 2 rings (SSSR count). The average Bonchev–Trinajstić information content (AvgIpc) is 2.38. The maximum absolute atomic E-state index is 4.44. The highest BCUT2D eigenvalue weighted by Crippen LogP contribution is 2.01. The Hall–Kier alpha value is -1.89. The van der Waals surface area contributed by atoms with Gasteiger partial charge in [-0.2, -0.15) is 0 Å². The van der Waals surface area contributed by atoms with E-state index in [2.05, 4.69) is 60.4 Å². The predicted octanol–water partition coefficient (Wildman–Crippen LogP) is 3.66. The molecule has 0 unspecified atom stereocenters. The number of rotatable bonds is 4. The first kappa shape index (κ1) is 11.6. The minimum atomic E-state index is 0.845. The number of aryl methyl sites for hydroxylation is 1. The molecule has 0 aliphatic carbocycles. The van der Waals surface area contributed by atoms with Crippen LogP contribution in [0, 0.1) is 6.92 Å². The van der Waals surface area contributed by atoms with Gasteiger partial charge < -0.3 is 0 Å². The van der Waals surface area contributed by atoms with Gasteiger partial charge in [0.1, 0.15) is 0 Å². The average molecular weight is 223 g/mol. The number of benzene rings is 2. The Kier molecular flexibility index (Phi) is 4.09. The monoisotopic (exact) mass is 223 g/mol. The summed E-state index contributed by atoms with van der Waals surface area (Å²) in [4.78, 5) is 4.44. The Morgan fingerprint density at radius 3 is 2.35 bits per heavy atom. The number of aliphatic imine (C=N–C) groups is 1. The highest BCUT2D eigenvalue weighted by Gasteiger charge is 1.90. The zero-order valence-electron chi connectivity index (χ0n) is 10.1. The summed E-state index contributed by atoms with van der Waals surface area (Å²) in [6, 6.07) is 18.9. The smallest absolute Gasteiger partial charge is 0.0429 e. The second-order valence-electron chi connectivity index (χ2n) is 4.18. The van der Waals surface area contributed by atoms with Crippen LogP contribution in [0.2, 0.25) is 0 Å². The first-order valence-electron chi connectivity index (χ1n) is 5.95. The van der Waals surface area contributed by atoms with Crippen LogP contribution in [-0.2, 0) is 6.42 Å². The van der Waals surface area contributed by atoms with Gasteiger partial charge in [-0.05, 0) is 24.5 Å². The molecule has 86 valence electrons. The fourth-order valence-corrected chi connectivity index (χ4v) is 1.66. The van der Waals surface area contributed by atoms with Crippen LogP contribution in [-0.4, -0.2) is 12.8 Å². The molecule has 0 amide bonds. The van der Waals surface area contributed by atoms with Crippen molar-refractivity contribution in [2.45, 2.75) is 13.3 Å². The highest BCUT2D eigenvalue weighted by atomic mass is 14.7. The van der Waals surface area contributed by atoms with Crippen molar-refractivity contribution in [3.8, 4) is 0 Å². The van der Waals surface area contributed by atoms with E-state index in [1.54, 1.807) is 0 Å². The van der Waals surface area contributed by atoms with Crippen LogP contribution in [0.1, 0.15) is 16.7 Å². The van der Waals surface area contributed by atoms with Crippen LogP contribution in [0.3, 0.4) is 0 Å². The van der Waals surface area contributed by atoms with E-state index in [0.717, 1.165) is 13.0 Å². The van der Waals surface area contributed by atoms with Gasteiger partial charge in [0.25, 0.3) is 0 Å². The SMILES string of the molecule is Cc1ccc(C=NCCc2ccccc2)cc1. The van der Waals surface area contributed by atoms with Crippen LogP contribution in [0.5, 0.6) is 0 Å². The molecular weight excluding hydrogens is 206 g/mol. The Labute approximate surface area is 103 Å². The Morgan fingerprint density at radius 2 is 1.65 bits per heavy atom. The molecule has 0 aliphatic rings. The fraction of sp³-hybridized carbons (Fsp3) is 0.188. The molecule has 0 fully saturated rings. The van der Waals surface area contributed by atoms with E-state index in [1.165, 1.54) is 16.7 Å². The molecule has 0 N–H and O–H groups in total. The molecule has 1 nitrogen and oxygen atoms in total. The molecule has 0 saturated heterocycles. The Morgan fingerprint density at radius 1 is 0.941 bits per heavy atom. The summed E-state index contributed by atoms with van der Waals surface area (Å²) in [5.41, 5.74) is 3.80. The van der Waals surface area contributed by atoms with E-state index in [9.17, 15) is 0 Å². The van der Waals surface area contributed by atoms with E-state index in [0.29, 0.717) is 0 Å². The van der Waals surface area contributed by atoms with Crippen LogP contribution in [0.4, 0.5) is 0 Å². The lowest BCUT2D eigenvalue weighted by Gasteiger charge is -1.97. The van der Waals surface area contributed by atoms with Gasteiger partial charge in [0, 0.05) is 12.8 Å². The van der Waals surface area contributed by atoms with Crippen molar-refractivity contribution in [1.82, 2.24) is 0 Å². The van der Waals surface area contributed by atoms with Crippen LogP contribution >= 0.6 is 0 Å². The number of hydrogen-bond donors (Lipinski definition) is 0. The second kappa shape index (κ2) is 6.00. The molecule has 0 spiro atoms. The number of hydrogen-bond acceptors (Lipinski definition) is 1. The summed E-state index contributed by atoms with van der Waals surface area (Å²) >= 11 is 0. The van der Waals surface area contributed by atoms with Crippen LogP contribution in [0.25, 0.3) is 0 Å². The van der Waals surface area contributed by atoms with E-state index >= 15 is 0 Å². The topological polar surface area (TPSA) is 12.4 Å². The molecule has 0 aliphatic heterocycles. The van der Waals surface area contributed by atoms with Gasteiger partial charge >= 0.3 is 0 Å². The molecule has 0 saturated carbocycles. The van der Waals surface area contributed by atoms with Crippen molar-refractivity contribution < 1.29 is 0 Å². The van der Waals surface area contributed by atoms with Crippen molar-refractivity contribution in [1.29, 1.82) is 0 Å². The van der Waals surface area contributed by atoms with Gasteiger partial charge in [-0.25, -0.2) is 0 Å². The summed E-state index contributed by atoms with van der Waals surface area (Å²) in [5.74, 6) is 0. The van der Waals surface area contributed by atoms with Gasteiger partial charge in [0.2, 0.25) is 0 Å². The summed E-state index contributed by atoms with van der Waals surface area (Å²) in [6.45, 7) is 2.94. The minimum Gasteiger partial charge on any atom is -0.292 e. The van der Waals surface area contributed by atoms with E-state index in [1.807, 2.05) is 12.3 Å². The molecule has 17 heavy (non-hydrogen) atoms. The lowest BCUT2D eigenvalue weighted by Crippen LogP contribution is -1.90.